The number of hydrogen-bond acceptors (Lipinski definition) is 5. The van der Waals surface area contributed by atoms with Crippen molar-refractivity contribution in [3.63, 3.8) is 0 Å². The number of carbonyl (C=O) groups excluding carboxylic acids is 1. The van der Waals surface area contributed by atoms with Crippen LogP contribution in [0.5, 0.6) is 23.0 Å². The second-order valence-electron chi connectivity index (χ2n) is 5.40. The van der Waals surface area contributed by atoms with Crippen LogP contribution in [0.3, 0.4) is 0 Å². The van der Waals surface area contributed by atoms with Gasteiger partial charge in [-0.2, -0.15) is 0 Å². The third kappa shape index (κ3) is 4.08. The first-order valence-electron chi connectivity index (χ1n) is 7.97. The lowest BCUT2D eigenvalue weighted by atomic mass is 10.1. The number of anilines is 1. The van der Waals surface area contributed by atoms with E-state index in [4.69, 9.17) is 18.9 Å². The van der Waals surface area contributed by atoms with Crippen LogP contribution in [0.4, 0.5) is 5.69 Å². The van der Waals surface area contributed by atoms with E-state index < -0.39 is 0 Å². The zero-order valence-corrected chi connectivity index (χ0v) is 15.6. The molecule has 26 heavy (non-hydrogen) atoms. The third-order valence-electron chi connectivity index (χ3n) is 3.85. The zero-order valence-electron chi connectivity index (χ0n) is 15.6. The maximum Gasteiger partial charge on any atom is 0.248 e. The molecule has 2 rings (SSSR count). The summed E-state index contributed by atoms with van der Waals surface area (Å²) in [5, 5.41) is 2.84. The van der Waals surface area contributed by atoms with E-state index in [0.29, 0.717) is 34.2 Å². The van der Waals surface area contributed by atoms with Crippen molar-refractivity contribution in [2.75, 3.05) is 33.8 Å². The first-order valence-corrected chi connectivity index (χ1v) is 7.97. The molecule has 1 N–H and O–H groups in total. The van der Waals surface area contributed by atoms with Gasteiger partial charge in [0.25, 0.3) is 0 Å². The molecule has 0 aliphatic heterocycles. The fraction of sp³-hybridized carbons (Fsp3) is 0.250. The molecule has 1 amide bonds. The quantitative estimate of drug-likeness (QED) is 0.766. The topological polar surface area (TPSA) is 66.0 Å². The predicted molar refractivity (Wildman–Crippen MR) is 101 cm³/mol. The monoisotopic (exact) mass is 357 g/mol. The Morgan fingerprint density at radius 2 is 1.58 bits per heavy atom. The van der Waals surface area contributed by atoms with Crippen molar-refractivity contribution < 1.29 is 23.7 Å². The lowest BCUT2D eigenvalue weighted by Crippen LogP contribution is -2.10. The van der Waals surface area contributed by atoms with Crippen molar-refractivity contribution in [3.8, 4) is 23.0 Å². The summed E-state index contributed by atoms with van der Waals surface area (Å²) < 4.78 is 21.3. The van der Waals surface area contributed by atoms with Gasteiger partial charge in [0.05, 0.1) is 34.1 Å². The maximum atomic E-state index is 12.3. The van der Waals surface area contributed by atoms with Crippen molar-refractivity contribution in [3.05, 3.63) is 47.5 Å². The number of carbonyl (C=O) groups is 1. The normalized spacial score (nSPS) is 10.5. The number of ether oxygens (including phenoxy) is 4. The Labute approximate surface area is 153 Å². The minimum atomic E-state index is -0.283. The summed E-state index contributed by atoms with van der Waals surface area (Å²) in [6.07, 6.45) is 3.08. The maximum absolute atomic E-state index is 12.3. The van der Waals surface area contributed by atoms with Crippen LogP contribution >= 0.6 is 0 Å². The van der Waals surface area contributed by atoms with Gasteiger partial charge in [-0.05, 0) is 36.8 Å². The molecule has 0 saturated heterocycles. The van der Waals surface area contributed by atoms with Gasteiger partial charge in [-0.1, -0.05) is 12.1 Å². The van der Waals surface area contributed by atoms with Gasteiger partial charge in [-0.15, -0.1) is 0 Å². The fourth-order valence-corrected chi connectivity index (χ4v) is 2.56. The molecule has 2 aromatic carbocycles. The molecule has 0 aliphatic carbocycles. The number of amides is 1. The molecule has 0 heterocycles. The van der Waals surface area contributed by atoms with E-state index in [9.17, 15) is 4.79 Å². The van der Waals surface area contributed by atoms with E-state index in [0.717, 1.165) is 5.56 Å². The van der Waals surface area contributed by atoms with Gasteiger partial charge in [-0.25, -0.2) is 0 Å². The van der Waals surface area contributed by atoms with Crippen LogP contribution < -0.4 is 24.3 Å². The van der Waals surface area contributed by atoms with Crippen molar-refractivity contribution in [2.45, 2.75) is 6.92 Å². The van der Waals surface area contributed by atoms with Crippen LogP contribution in [0, 0.1) is 6.92 Å². The smallest absolute Gasteiger partial charge is 0.248 e. The van der Waals surface area contributed by atoms with Crippen LogP contribution in [-0.2, 0) is 4.79 Å². The van der Waals surface area contributed by atoms with E-state index in [-0.39, 0.29) is 5.91 Å². The Morgan fingerprint density at radius 3 is 2.19 bits per heavy atom. The lowest BCUT2D eigenvalue weighted by Gasteiger charge is -2.14. The van der Waals surface area contributed by atoms with E-state index in [1.807, 2.05) is 19.1 Å². The van der Waals surface area contributed by atoms with Crippen LogP contribution in [0.25, 0.3) is 6.08 Å². The van der Waals surface area contributed by atoms with Crippen molar-refractivity contribution >= 4 is 17.7 Å². The van der Waals surface area contributed by atoms with E-state index in [2.05, 4.69) is 5.32 Å². The zero-order chi connectivity index (χ0) is 19.1. The van der Waals surface area contributed by atoms with Gasteiger partial charge in [0.1, 0.15) is 5.75 Å². The third-order valence-corrected chi connectivity index (χ3v) is 3.85. The highest BCUT2D eigenvalue weighted by Gasteiger charge is 2.14. The number of rotatable bonds is 7. The Bertz CT molecular complexity index is 814. The molecule has 0 fully saturated rings. The molecule has 0 spiro atoms. The number of hydrogen-bond donors (Lipinski definition) is 1. The summed E-state index contributed by atoms with van der Waals surface area (Å²) in [6.45, 7) is 1.90. The highest BCUT2D eigenvalue weighted by Crippen LogP contribution is 2.40. The molecule has 6 heteroatoms. The van der Waals surface area contributed by atoms with Crippen LogP contribution in [-0.4, -0.2) is 34.3 Å². The molecule has 0 unspecified atom stereocenters. The van der Waals surface area contributed by atoms with Crippen molar-refractivity contribution in [1.82, 2.24) is 0 Å². The van der Waals surface area contributed by atoms with Gasteiger partial charge in [0.15, 0.2) is 11.5 Å². The SMILES string of the molecule is COc1cccc(C)c1NC(=O)/C=C/c1ccc(OC)c(OC)c1OC. The minimum Gasteiger partial charge on any atom is -0.495 e. The summed E-state index contributed by atoms with van der Waals surface area (Å²) >= 11 is 0. The molecule has 2 aromatic rings. The lowest BCUT2D eigenvalue weighted by molar-refractivity contribution is -0.111. The van der Waals surface area contributed by atoms with Crippen LogP contribution in [0.2, 0.25) is 0 Å². The predicted octanol–water partition coefficient (Wildman–Crippen LogP) is 3.68. The summed E-state index contributed by atoms with van der Waals surface area (Å²) in [5.41, 5.74) is 2.25. The first kappa shape index (κ1) is 19.2. The number of nitrogens with one attached hydrogen (secondary N) is 1. The van der Waals surface area contributed by atoms with E-state index >= 15 is 0 Å². The molecule has 0 radical (unpaired) electrons. The molecule has 0 saturated carbocycles. The van der Waals surface area contributed by atoms with Crippen molar-refractivity contribution in [2.24, 2.45) is 0 Å². The molecule has 0 bridgehead atoms. The van der Waals surface area contributed by atoms with Crippen molar-refractivity contribution in [1.29, 1.82) is 0 Å². The van der Waals surface area contributed by atoms with Gasteiger partial charge in [0.2, 0.25) is 11.7 Å². The number of benzene rings is 2. The molecule has 0 atom stereocenters. The molecular formula is C20H23NO5. The Kier molecular flexibility index (Phi) is 6.49. The average Bonchev–Trinajstić information content (AvgIpc) is 2.66. The molecular weight excluding hydrogens is 334 g/mol. The first-order chi connectivity index (χ1) is 12.5. The molecule has 0 aliphatic rings. The van der Waals surface area contributed by atoms with Crippen LogP contribution in [0.15, 0.2) is 36.4 Å². The Hall–Kier alpha value is -3.15. The highest BCUT2D eigenvalue weighted by atomic mass is 16.5. The second kappa shape index (κ2) is 8.80. The summed E-state index contributed by atoms with van der Waals surface area (Å²) in [4.78, 5) is 12.3. The Balaban J connectivity index is 2.26. The van der Waals surface area contributed by atoms with Crippen LogP contribution in [0.1, 0.15) is 11.1 Å². The van der Waals surface area contributed by atoms with Gasteiger partial charge < -0.3 is 24.3 Å². The standard InChI is InChI=1S/C20H23NO5/c1-13-7-6-8-15(23-2)18(13)21-17(22)12-10-14-9-11-16(24-3)20(26-5)19(14)25-4/h6-12H,1-5H3,(H,21,22)/b12-10+. The highest BCUT2D eigenvalue weighted by molar-refractivity contribution is 6.03. The summed E-state index contributed by atoms with van der Waals surface area (Å²) in [7, 11) is 6.18. The number of methoxy groups -OCH3 is 4. The molecule has 0 aromatic heterocycles. The number of para-hydroxylation sites is 1. The average molecular weight is 357 g/mol. The largest absolute Gasteiger partial charge is 0.495 e. The van der Waals surface area contributed by atoms with E-state index in [1.54, 1.807) is 38.5 Å². The summed E-state index contributed by atoms with van der Waals surface area (Å²) in [5.74, 6) is 1.84. The number of aryl methyl sites for hydroxylation is 1. The Morgan fingerprint density at radius 1 is 0.885 bits per heavy atom. The van der Waals surface area contributed by atoms with Gasteiger partial charge >= 0.3 is 0 Å². The minimum absolute atomic E-state index is 0.283. The second-order valence-corrected chi connectivity index (χ2v) is 5.40. The van der Waals surface area contributed by atoms with Gasteiger partial charge in [-0.3, -0.25) is 4.79 Å². The van der Waals surface area contributed by atoms with E-state index in [1.165, 1.54) is 20.3 Å². The fourth-order valence-electron chi connectivity index (χ4n) is 2.56. The molecule has 6 nitrogen and oxygen atoms in total. The molecule has 138 valence electrons. The summed E-state index contributed by atoms with van der Waals surface area (Å²) in [6, 6.07) is 9.11. The van der Waals surface area contributed by atoms with Gasteiger partial charge in [0, 0.05) is 11.6 Å².